The van der Waals surface area contributed by atoms with E-state index in [1.807, 2.05) is 50.2 Å². The number of thiazole rings is 1. The molecule has 2 amide bonds. The Morgan fingerprint density at radius 1 is 1.00 bits per heavy atom. The molecule has 0 saturated carbocycles. The minimum atomic E-state index is -0.0579. The van der Waals surface area contributed by atoms with Gasteiger partial charge in [0, 0.05) is 30.4 Å². The molecule has 0 unspecified atom stereocenters. The summed E-state index contributed by atoms with van der Waals surface area (Å²) < 4.78 is 0. The van der Waals surface area contributed by atoms with Crippen molar-refractivity contribution in [3.05, 3.63) is 48.3 Å². The van der Waals surface area contributed by atoms with E-state index in [0.717, 1.165) is 27.5 Å². The van der Waals surface area contributed by atoms with Gasteiger partial charge in [-0.15, -0.1) is 0 Å². The predicted octanol–water partition coefficient (Wildman–Crippen LogP) is 4.95. The van der Waals surface area contributed by atoms with E-state index in [4.69, 9.17) is 0 Å². The molecule has 0 bridgehead atoms. The number of amides is 2. The van der Waals surface area contributed by atoms with Gasteiger partial charge in [0.15, 0.2) is 5.13 Å². The molecule has 0 saturated heterocycles. The first-order chi connectivity index (χ1) is 14.0. The molecule has 3 N–H and O–H groups in total. The summed E-state index contributed by atoms with van der Waals surface area (Å²) in [5.41, 5.74) is 3.36. The highest BCUT2D eigenvalue weighted by atomic mass is 32.1. The second-order valence-electron chi connectivity index (χ2n) is 6.37. The maximum atomic E-state index is 11.6. The van der Waals surface area contributed by atoms with Crippen LogP contribution in [0.2, 0.25) is 0 Å². The fraction of sp³-hybridized carbons (Fsp3) is 0.238. The third-order valence-corrected chi connectivity index (χ3v) is 5.25. The fourth-order valence-electron chi connectivity index (χ4n) is 2.64. The monoisotopic (exact) mass is 409 g/mol. The molecule has 0 atom stereocenters. The number of aryl methyl sites for hydroxylation is 1. The van der Waals surface area contributed by atoms with Gasteiger partial charge in [0.05, 0.1) is 10.6 Å². The first kappa shape index (κ1) is 20.5. The molecule has 1 aromatic carbocycles. The molecule has 0 aliphatic carbocycles. The zero-order valence-corrected chi connectivity index (χ0v) is 17.4. The van der Waals surface area contributed by atoms with E-state index >= 15 is 0 Å². The van der Waals surface area contributed by atoms with Gasteiger partial charge < -0.3 is 16.0 Å². The summed E-state index contributed by atoms with van der Waals surface area (Å²) in [4.78, 5) is 33.0. The third kappa shape index (κ3) is 5.39. The first-order valence-corrected chi connectivity index (χ1v) is 10.2. The summed E-state index contributed by atoms with van der Waals surface area (Å²) in [6.45, 7) is 5.54. The van der Waals surface area contributed by atoms with Crippen LogP contribution >= 0.6 is 11.3 Å². The number of nitrogens with one attached hydrogen (secondary N) is 3. The van der Waals surface area contributed by atoms with Gasteiger partial charge in [-0.1, -0.05) is 31.3 Å². The Hall–Kier alpha value is -3.26. The molecule has 150 valence electrons. The molecule has 0 fully saturated rings. The van der Waals surface area contributed by atoms with Crippen molar-refractivity contribution in [3.63, 3.8) is 0 Å². The lowest BCUT2D eigenvalue weighted by atomic mass is 10.2. The number of carbonyl (C=O) groups excluding carboxylic acids is 2. The Balaban J connectivity index is 1.79. The van der Waals surface area contributed by atoms with E-state index in [2.05, 4.69) is 25.9 Å². The highest BCUT2D eigenvalue weighted by molar-refractivity contribution is 7.19. The Morgan fingerprint density at radius 2 is 1.72 bits per heavy atom. The molecule has 2 heterocycles. The number of hydrogen-bond acceptors (Lipinski definition) is 6. The predicted molar refractivity (Wildman–Crippen MR) is 118 cm³/mol. The second kappa shape index (κ2) is 9.29. The molecule has 0 aliphatic rings. The Morgan fingerprint density at radius 3 is 2.48 bits per heavy atom. The number of rotatable bonds is 7. The standard InChI is InChI=1S/C21H23N5O2S/c1-4-18(27)25-16-8-6-7-15(12-16)24-17-11-14(9-10-22-17)20-13(3)23-21(29-20)26-19(28)5-2/h6-12H,4-5H2,1-3H3,(H,22,24)(H,25,27)(H,23,26,28). The molecule has 29 heavy (non-hydrogen) atoms. The van der Waals surface area contributed by atoms with Crippen LogP contribution in [0, 0.1) is 6.92 Å². The summed E-state index contributed by atoms with van der Waals surface area (Å²) in [6.07, 6.45) is 2.56. The van der Waals surface area contributed by atoms with E-state index in [1.165, 1.54) is 11.3 Å². The van der Waals surface area contributed by atoms with E-state index in [0.29, 0.717) is 23.8 Å². The summed E-state index contributed by atoms with van der Waals surface area (Å²) in [5, 5.41) is 9.51. The normalized spacial score (nSPS) is 10.4. The molecular weight excluding hydrogens is 386 g/mol. The van der Waals surface area contributed by atoms with Gasteiger partial charge in [-0.05, 0) is 42.8 Å². The van der Waals surface area contributed by atoms with Crippen LogP contribution in [0.15, 0.2) is 42.6 Å². The molecule has 0 radical (unpaired) electrons. The van der Waals surface area contributed by atoms with Gasteiger partial charge in [0.1, 0.15) is 5.82 Å². The lowest BCUT2D eigenvalue weighted by Crippen LogP contribution is -2.09. The number of aromatic nitrogens is 2. The summed E-state index contributed by atoms with van der Waals surface area (Å²) in [7, 11) is 0. The third-order valence-electron chi connectivity index (χ3n) is 4.13. The molecule has 8 heteroatoms. The van der Waals surface area contributed by atoms with Crippen LogP contribution in [-0.2, 0) is 9.59 Å². The lowest BCUT2D eigenvalue weighted by molar-refractivity contribution is -0.116. The fourth-order valence-corrected chi connectivity index (χ4v) is 3.62. The van der Waals surface area contributed by atoms with Crippen molar-refractivity contribution in [2.75, 3.05) is 16.0 Å². The van der Waals surface area contributed by atoms with E-state index < -0.39 is 0 Å². The average molecular weight is 410 g/mol. The minimum Gasteiger partial charge on any atom is -0.340 e. The van der Waals surface area contributed by atoms with Crippen molar-refractivity contribution < 1.29 is 9.59 Å². The van der Waals surface area contributed by atoms with E-state index in [-0.39, 0.29) is 11.8 Å². The number of anilines is 4. The van der Waals surface area contributed by atoms with Crippen molar-refractivity contribution in [2.45, 2.75) is 33.6 Å². The maximum Gasteiger partial charge on any atom is 0.225 e. The summed E-state index contributed by atoms with van der Waals surface area (Å²) in [5.74, 6) is 0.583. The van der Waals surface area contributed by atoms with Crippen molar-refractivity contribution in [1.82, 2.24) is 9.97 Å². The van der Waals surface area contributed by atoms with Crippen molar-refractivity contribution >= 4 is 45.5 Å². The van der Waals surface area contributed by atoms with Crippen LogP contribution < -0.4 is 16.0 Å². The highest BCUT2D eigenvalue weighted by Crippen LogP contribution is 2.34. The number of hydrogen-bond donors (Lipinski definition) is 3. The van der Waals surface area contributed by atoms with Crippen LogP contribution in [-0.4, -0.2) is 21.8 Å². The topological polar surface area (TPSA) is 96.0 Å². The van der Waals surface area contributed by atoms with Crippen molar-refractivity contribution in [2.24, 2.45) is 0 Å². The Bertz CT molecular complexity index is 1030. The Labute approximate surface area is 173 Å². The van der Waals surface area contributed by atoms with Crippen LogP contribution in [0.25, 0.3) is 10.4 Å². The molecule has 7 nitrogen and oxygen atoms in total. The lowest BCUT2D eigenvalue weighted by Gasteiger charge is -2.09. The number of carbonyl (C=O) groups is 2. The Kier molecular flexibility index (Phi) is 6.56. The van der Waals surface area contributed by atoms with Gasteiger partial charge in [0.2, 0.25) is 11.8 Å². The molecule has 3 aromatic rings. The summed E-state index contributed by atoms with van der Waals surface area (Å²) in [6, 6.07) is 11.3. The second-order valence-corrected chi connectivity index (χ2v) is 7.37. The van der Waals surface area contributed by atoms with Gasteiger partial charge >= 0.3 is 0 Å². The van der Waals surface area contributed by atoms with Crippen molar-refractivity contribution in [3.8, 4) is 10.4 Å². The van der Waals surface area contributed by atoms with Crippen molar-refractivity contribution in [1.29, 1.82) is 0 Å². The number of benzene rings is 1. The number of pyridine rings is 1. The van der Waals surface area contributed by atoms with Gasteiger partial charge in [-0.3, -0.25) is 9.59 Å². The maximum absolute atomic E-state index is 11.6. The van der Waals surface area contributed by atoms with Gasteiger partial charge in [-0.2, -0.15) is 0 Å². The van der Waals surface area contributed by atoms with Gasteiger partial charge in [0.25, 0.3) is 0 Å². The van der Waals surface area contributed by atoms with Crippen LogP contribution in [0.1, 0.15) is 32.4 Å². The molecular formula is C21H23N5O2S. The van der Waals surface area contributed by atoms with Crippen LogP contribution in [0.4, 0.5) is 22.3 Å². The molecule has 3 rings (SSSR count). The largest absolute Gasteiger partial charge is 0.340 e. The average Bonchev–Trinajstić information content (AvgIpc) is 3.08. The summed E-state index contributed by atoms with van der Waals surface area (Å²) >= 11 is 1.44. The zero-order chi connectivity index (χ0) is 20.8. The molecule has 0 spiro atoms. The zero-order valence-electron chi connectivity index (χ0n) is 16.6. The van der Waals surface area contributed by atoms with Crippen LogP contribution in [0.3, 0.4) is 0 Å². The smallest absolute Gasteiger partial charge is 0.225 e. The molecule has 0 aliphatic heterocycles. The highest BCUT2D eigenvalue weighted by Gasteiger charge is 2.12. The van der Waals surface area contributed by atoms with E-state index in [1.54, 1.807) is 13.1 Å². The minimum absolute atomic E-state index is 0.0334. The van der Waals surface area contributed by atoms with E-state index in [9.17, 15) is 9.59 Å². The molecule has 2 aromatic heterocycles. The van der Waals surface area contributed by atoms with Crippen LogP contribution in [0.5, 0.6) is 0 Å². The van der Waals surface area contributed by atoms with Gasteiger partial charge in [-0.25, -0.2) is 9.97 Å². The number of nitrogens with zero attached hydrogens (tertiary/aromatic N) is 2. The first-order valence-electron chi connectivity index (χ1n) is 9.39. The SMILES string of the molecule is CCC(=O)Nc1cccc(Nc2cc(-c3sc(NC(=O)CC)nc3C)ccn2)c1. The quantitative estimate of drug-likeness (QED) is 0.513.